The lowest BCUT2D eigenvalue weighted by atomic mass is 10.2. The van der Waals surface area contributed by atoms with Crippen molar-refractivity contribution >= 4 is 17.5 Å². The molecule has 1 N–H and O–H groups in total. The van der Waals surface area contributed by atoms with Gasteiger partial charge in [0.2, 0.25) is 0 Å². The van der Waals surface area contributed by atoms with Gasteiger partial charge in [0.1, 0.15) is 5.75 Å². The van der Waals surface area contributed by atoms with Gasteiger partial charge in [-0.25, -0.2) is 0 Å². The van der Waals surface area contributed by atoms with Gasteiger partial charge in [-0.1, -0.05) is 17.7 Å². The summed E-state index contributed by atoms with van der Waals surface area (Å²) in [5, 5.41) is 9.82. The Hall–Kier alpha value is -1.26. The first-order chi connectivity index (χ1) is 9.11. The number of hydrogen-bond donors (Lipinski definition) is 1. The normalized spacial score (nSPS) is 20.4. The van der Waals surface area contributed by atoms with Crippen LogP contribution < -0.4 is 4.74 Å². The van der Waals surface area contributed by atoms with E-state index >= 15 is 0 Å². The molecule has 1 aliphatic heterocycles. The second kappa shape index (κ2) is 6.26. The van der Waals surface area contributed by atoms with Crippen molar-refractivity contribution in [2.75, 3.05) is 13.2 Å². The van der Waals surface area contributed by atoms with Crippen molar-refractivity contribution in [3.63, 3.8) is 0 Å². The third kappa shape index (κ3) is 3.39. The number of carbonyl (C=O) groups is 1. The van der Waals surface area contributed by atoms with Gasteiger partial charge in [-0.15, -0.1) is 0 Å². The molecule has 1 aromatic rings. The molecule has 5 heteroatoms. The smallest absolute Gasteiger partial charge is 0.263 e. The number of benzene rings is 1. The van der Waals surface area contributed by atoms with Gasteiger partial charge in [0.25, 0.3) is 5.91 Å². The topological polar surface area (TPSA) is 49.8 Å². The van der Waals surface area contributed by atoms with Crippen molar-refractivity contribution in [1.29, 1.82) is 0 Å². The summed E-state index contributed by atoms with van der Waals surface area (Å²) < 4.78 is 5.60. The largest absolute Gasteiger partial charge is 0.481 e. The van der Waals surface area contributed by atoms with Gasteiger partial charge in [-0.05, 0) is 38.0 Å². The van der Waals surface area contributed by atoms with Crippen LogP contribution in [0.3, 0.4) is 0 Å². The SMILES string of the molecule is CC(Oc1cccc(Cl)c1)C(=O)N1CCC[C@@H]1CO. The molecule has 1 aliphatic rings. The molecular formula is C14H18ClNO3. The molecule has 0 aliphatic carbocycles. The van der Waals surface area contributed by atoms with Crippen LogP contribution in [-0.2, 0) is 4.79 Å². The van der Waals surface area contributed by atoms with E-state index in [4.69, 9.17) is 16.3 Å². The molecule has 0 radical (unpaired) electrons. The van der Waals surface area contributed by atoms with Crippen LogP contribution in [0.5, 0.6) is 5.75 Å². The molecule has 1 fully saturated rings. The van der Waals surface area contributed by atoms with Crippen LogP contribution in [0.2, 0.25) is 5.02 Å². The van der Waals surface area contributed by atoms with Crippen LogP contribution in [0.15, 0.2) is 24.3 Å². The fourth-order valence-electron chi connectivity index (χ4n) is 2.34. The summed E-state index contributed by atoms with van der Waals surface area (Å²) in [6.07, 6.45) is 1.21. The number of hydrogen-bond acceptors (Lipinski definition) is 3. The summed E-state index contributed by atoms with van der Waals surface area (Å²) in [7, 11) is 0. The van der Waals surface area contributed by atoms with Crippen molar-refractivity contribution in [3.8, 4) is 5.75 Å². The minimum atomic E-state index is -0.578. The van der Waals surface area contributed by atoms with E-state index in [1.165, 1.54) is 0 Å². The molecule has 1 aromatic carbocycles. The lowest BCUT2D eigenvalue weighted by Gasteiger charge is -2.26. The number of carbonyl (C=O) groups excluding carboxylic acids is 1. The number of amides is 1. The summed E-state index contributed by atoms with van der Waals surface area (Å²) in [5.74, 6) is 0.490. The van der Waals surface area contributed by atoms with Crippen LogP contribution in [0, 0.1) is 0 Å². The summed E-state index contributed by atoms with van der Waals surface area (Å²) >= 11 is 5.87. The quantitative estimate of drug-likeness (QED) is 0.920. The molecule has 0 aromatic heterocycles. The Balaban J connectivity index is 1.99. The number of ether oxygens (including phenoxy) is 1. The zero-order valence-electron chi connectivity index (χ0n) is 10.9. The molecule has 2 atom stereocenters. The standard InChI is InChI=1S/C14H18ClNO3/c1-10(19-13-6-2-4-11(15)8-13)14(18)16-7-3-5-12(16)9-17/h2,4,6,8,10,12,17H,3,5,7,9H2,1H3/t10?,12-/m1/s1. The molecule has 0 bridgehead atoms. The fraction of sp³-hybridized carbons (Fsp3) is 0.500. The molecule has 19 heavy (non-hydrogen) atoms. The highest BCUT2D eigenvalue weighted by molar-refractivity contribution is 6.30. The second-order valence-corrected chi connectivity index (χ2v) is 5.16. The maximum atomic E-state index is 12.3. The summed E-state index contributed by atoms with van der Waals surface area (Å²) in [6.45, 7) is 2.42. The van der Waals surface area contributed by atoms with Crippen molar-refractivity contribution in [2.24, 2.45) is 0 Å². The molecular weight excluding hydrogens is 266 g/mol. The average Bonchev–Trinajstić information content (AvgIpc) is 2.86. The summed E-state index contributed by atoms with van der Waals surface area (Å²) in [6, 6.07) is 6.91. The second-order valence-electron chi connectivity index (χ2n) is 4.73. The first kappa shape index (κ1) is 14.2. The van der Waals surface area contributed by atoms with E-state index in [1.807, 2.05) is 0 Å². The number of nitrogens with zero attached hydrogens (tertiary/aromatic N) is 1. The zero-order valence-corrected chi connectivity index (χ0v) is 11.6. The molecule has 1 amide bonds. The van der Waals surface area contributed by atoms with E-state index in [1.54, 1.807) is 36.1 Å². The molecule has 104 valence electrons. The maximum absolute atomic E-state index is 12.3. The van der Waals surface area contributed by atoms with Gasteiger partial charge in [0.05, 0.1) is 12.6 Å². The highest BCUT2D eigenvalue weighted by Gasteiger charge is 2.31. The fourth-order valence-corrected chi connectivity index (χ4v) is 2.52. The maximum Gasteiger partial charge on any atom is 0.263 e. The van der Waals surface area contributed by atoms with E-state index in [0.717, 1.165) is 12.8 Å². The van der Waals surface area contributed by atoms with Crippen molar-refractivity contribution in [2.45, 2.75) is 31.9 Å². The Morgan fingerprint density at radius 3 is 3.11 bits per heavy atom. The van der Waals surface area contributed by atoms with Crippen LogP contribution in [-0.4, -0.2) is 41.2 Å². The van der Waals surface area contributed by atoms with Gasteiger partial charge in [0.15, 0.2) is 6.10 Å². The Bertz CT molecular complexity index is 452. The predicted molar refractivity (Wildman–Crippen MR) is 73.4 cm³/mol. The summed E-state index contributed by atoms with van der Waals surface area (Å²) in [4.78, 5) is 14.0. The molecule has 1 unspecified atom stereocenters. The number of aliphatic hydroxyl groups excluding tert-OH is 1. The van der Waals surface area contributed by atoms with E-state index in [-0.39, 0.29) is 18.6 Å². The molecule has 1 heterocycles. The predicted octanol–water partition coefficient (Wildman–Crippen LogP) is 2.09. The lowest BCUT2D eigenvalue weighted by Crippen LogP contribution is -2.44. The first-order valence-corrected chi connectivity index (χ1v) is 6.83. The van der Waals surface area contributed by atoms with Crippen LogP contribution >= 0.6 is 11.6 Å². The Morgan fingerprint density at radius 2 is 2.42 bits per heavy atom. The average molecular weight is 284 g/mol. The molecule has 2 rings (SSSR count). The van der Waals surface area contributed by atoms with Gasteiger partial charge in [-0.3, -0.25) is 4.79 Å². The van der Waals surface area contributed by atoms with Crippen molar-refractivity contribution in [1.82, 2.24) is 4.90 Å². The first-order valence-electron chi connectivity index (χ1n) is 6.45. The third-order valence-corrected chi connectivity index (χ3v) is 3.56. The summed E-state index contributed by atoms with van der Waals surface area (Å²) in [5.41, 5.74) is 0. The van der Waals surface area contributed by atoms with E-state index in [0.29, 0.717) is 17.3 Å². The number of likely N-dealkylation sites (tertiary alicyclic amines) is 1. The monoisotopic (exact) mass is 283 g/mol. The molecule has 1 saturated heterocycles. The molecule has 0 saturated carbocycles. The number of aliphatic hydroxyl groups is 1. The number of halogens is 1. The zero-order chi connectivity index (χ0) is 13.8. The van der Waals surface area contributed by atoms with Gasteiger partial charge < -0.3 is 14.7 Å². The highest BCUT2D eigenvalue weighted by atomic mass is 35.5. The van der Waals surface area contributed by atoms with Crippen LogP contribution in [0.4, 0.5) is 0 Å². The number of rotatable bonds is 4. The van der Waals surface area contributed by atoms with E-state index in [2.05, 4.69) is 0 Å². The highest BCUT2D eigenvalue weighted by Crippen LogP contribution is 2.21. The Labute approximate surface area is 117 Å². The lowest BCUT2D eigenvalue weighted by molar-refractivity contribution is -0.139. The van der Waals surface area contributed by atoms with Gasteiger partial charge >= 0.3 is 0 Å². The van der Waals surface area contributed by atoms with Crippen molar-refractivity contribution in [3.05, 3.63) is 29.3 Å². The van der Waals surface area contributed by atoms with E-state index < -0.39 is 6.10 Å². The Kier molecular flexibility index (Phi) is 4.66. The van der Waals surface area contributed by atoms with Crippen molar-refractivity contribution < 1.29 is 14.6 Å². The van der Waals surface area contributed by atoms with Crippen LogP contribution in [0.25, 0.3) is 0 Å². The minimum absolute atomic E-state index is 0.00955. The van der Waals surface area contributed by atoms with Gasteiger partial charge in [-0.2, -0.15) is 0 Å². The Morgan fingerprint density at radius 1 is 1.63 bits per heavy atom. The molecule has 4 nitrogen and oxygen atoms in total. The van der Waals surface area contributed by atoms with Crippen LogP contribution in [0.1, 0.15) is 19.8 Å². The third-order valence-electron chi connectivity index (χ3n) is 3.33. The van der Waals surface area contributed by atoms with E-state index in [9.17, 15) is 9.90 Å². The minimum Gasteiger partial charge on any atom is -0.481 e. The van der Waals surface area contributed by atoms with Gasteiger partial charge in [0, 0.05) is 11.6 Å². The molecule has 0 spiro atoms.